The van der Waals surface area contributed by atoms with E-state index >= 15 is 0 Å². The molecule has 2 aliphatic rings. The number of likely N-dealkylation sites (N-methyl/N-ethyl adjacent to an activating group) is 1. The fourth-order valence-corrected chi connectivity index (χ4v) is 4.90. The number of para-hydroxylation sites is 1. The van der Waals surface area contributed by atoms with Crippen LogP contribution in [-0.4, -0.2) is 60.9 Å². The molecule has 0 radical (unpaired) electrons. The number of piperazine rings is 1. The second-order valence-corrected chi connectivity index (χ2v) is 9.46. The van der Waals surface area contributed by atoms with Crippen molar-refractivity contribution in [1.29, 1.82) is 0 Å². The number of anilines is 1. The van der Waals surface area contributed by atoms with Gasteiger partial charge in [-0.1, -0.05) is 43.3 Å². The zero-order valence-electron chi connectivity index (χ0n) is 18.6. The van der Waals surface area contributed by atoms with Gasteiger partial charge in [0.05, 0.1) is 11.6 Å². The summed E-state index contributed by atoms with van der Waals surface area (Å²) in [5, 5.41) is 3.01. The number of halogens is 1. The summed E-state index contributed by atoms with van der Waals surface area (Å²) in [5.74, 6) is -0.400. The molecule has 2 heterocycles. The maximum Gasteiger partial charge on any atom is 0.227 e. The van der Waals surface area contributed by atoms with Crippen LogP contribution in [0, 0.1) is 5.92 Å². The molecule has 0 saturated carbocycles. The molecule has 1 N–H and O–H groups in total. The Morgan fingerprint density at radius 3 is 2.34 bits per heavy atom. The van der Waals surface area contributed by atoms with Gasteiger partial charge in [0.15, 0.2) is 0 Å². The first-order valence-corrected chi connectivity index (χ1v) is 12.2. The number of hydrogen-bond acceptors (Lipinski definition) is 4. The van der Waals surface area contributed by atoms with E-state index in [1.54, 1.807) is 4.90 Å². The minimum atomic E-state index is -0.323. The lowest BCUT2D eigenvalue weighted by Crippen LogP contribution is -2.45. The smallest absolute Gasteiger partial charge is 0.227 e. The summed E-state index contributed by atoms with van der Waals surface area (Å²) >= 11 is 3.50. The molecule has 170 valence electrons. The number of benzene rings is 2. The van der Waals surface area contributed by atoms with Crippen molar-refractivity contribution in [2.24, 2.45) is 5.92 Å². The van der Waals surface area contributed by atoms with Gasteiger partial charge in [0.2, 0.25) is 11.8 Å². The molecule has 2 amide bonds. The van der Waals surface area contributed by atoms with Crippen molar-refractivity contribution in [2.75, 3.05) is 44.2 Å². The molecule has 2 saturated heterocycles. The van der Waals surface area contributed by atoms with Crippen molar-refractivity contribution < 1.29 is 9.59 Å². The summed E-state index contributed by atoms with van der Waals surface area (Å²) in [4.78, 5) is 31.8. The van der Waals surface area contributed by atoms with Gasteiger partial charge < -0.3 is 15.1 Å². The highest BCUT2D eigenvalue weighted by molar-refractivity contribution is 9.10. The molecule has 4 rings (SSSR count). The monoisotopic (exact) mass is 498 g/mol. The summed E-state index contributed by atoms with van der Waals surface area (Å²) in [6.07, 6.45) is 0.247. The van der Waals surface area contributed by atoms with E-state index in [9.17, 15) is 9.59 Å². The first-order chi connectivity index (χ1) is 15.5. The van der Waals surface area contributed by atoms with Gasteiger partial charge in [0.1, 0.15) is 0 Å². The number of rotatable bonds is 7. The third-order valence-electron chi connectivity index (χ3n) is 6.45. The van der Waals surface area contributed by atoms with Crippen LogP contribution in [0.2, 0.25) is 0 Å². The molecule has 2 aliphatic heterocycles. The molecule has 0 aromatic heterocycles. The SMILES string of the molecule is CCN1CCN(Cc2ccc(CNC(=O)C3CC(=O)N(c4ccccc4Br)C3)cc2)CC1. The lowest BCUT2D eigenvalue weighted by molar-refractivity contribution is -0.126. The Morgan fingerprint density at radius 1 is 1.00 bits per heavy atom. The van der Waals surface area contributed by atoms with E-state index in [0.717, 1.165) is 55.0 Å². The van der Waals surface area contributed by atoms with E-state index < -0.39 is 0 Å². The molecule has 6 nitrogen and oxygen atoms in total. The van der Waals surface area contributed by atoms with Gasteiger partial charge in [-0.15, -0.1) is 0 Å². The summed E-state index contributed by atoms with van der Waals surface area (Å²) in [6.45, 7) is 9.72. The normalized spacial score (nSPS) is 20.0. The lowest BCUT2D eigenvalue weighted by atomic mass is 10.1. The third-order valence-corrected chi connectivity index (χ3v) is 7.12. The van der Waals surface area contributed by atoms with Gasteiger partial charge in [-0.05, 0) is 45.7 Å². The molecule has 2 fully saturated rings. The molecule has 32 heavy (non-hydrogen) atoms. The summed E-state index contributed by atoms with van der Waals surface area (Å²) in [7, 11) is 0. The molecule has 1 unspecified atom stereocenters. The van der Waals surface area contributed by atoms with Crippen LogP contribution in [0.25, 0.3) is 0 Å². The van der Waals surface area contributed by atoms with Crippen LogP contribution in [0.5, 0.6) is 0 Å². The molecule has 0 bridgehead atoms. The molecule has 7 heteroatoms. The number of hydrogen-bond donors (Lipinski definition) is 1. The second-order valence-electron chi connectivity index (χ2n) is 8.60. The van der Waals surface area contributed by atoms with Crippen LogP contribution in [0.15, 0.2) is 53.0 Å². The van der Waals surface area contributed by atoms with E-state index in [1.165, 1.54) is 5.56 Å². The Kier molecular flexibility index (Phi) is 7.60. The van der Waals surface area contributed by atoms with Crippen LogP contribution in [-0.2, 0) is 22.7 Å². The number of carbonyl (C=O) groups is 2. The van der Waals surface area contributed by atoms with Crippen molar-refractivity contribution in [2.45, 2.75) is 26.4 Å². The topological polar surface area (TPSA) is 55.9 Å². The average molecular weight is 499 g/mol. The van der Waals surface area contributed by atoms with Crippen molar-refractivity contribution in [1.82, 2.24) is 15.1 Å². The van der Waals surface area contributed by atoms with Gasteiger partial charge in [-0.2, -0.15) is 0 Å². The summed E-state index contributed by atoms with van der Waals surface area (Å²) in [5.41, 5.74) is 3.19. The van der Waals surface area contributed by atoms with Crippen molar-refractivity contribution in [3.8, 4) is 0 Å². The molecule has 2 aromatic carbocycles. The standard InChI is InChI=1S/C25H31BrN4O2/c1-2-28-11-13-29(14-12-28)17-20-9-7-19(8-10-20)16-27-25(32)21-15-24(31)30(18-21)23-6-4-3-5-22(23)26/h3-10,21H,2,11-18H2,1H3,(H,27,32). The molecule has 2 aromatic rings. The largest absolute Gasteiger partial charge is 0.352 e. The molecular formula is C25H31BrN4O2. The van der Waals surface area contributed by atoms with Gasteiger partial charge in [-0.25, -0.2) is 0 Å². The minimum Gasteiger partial charge on any atom is -0.352 e. The Morgan fingerprint density at radius 2 is 1.66 bits per heavy atom. The predicted octanol–water partition coefficient (Wildman–Crippen LogP) is 3.26. The Bertz CT molecular complexity index is 941. The highest BCUT2D eigenvalue weighted by Gasteiger charge is 2.35. The molecule has 1 atom stereocenters. The Balaban J connectivity index is 1.25. The first-order valence-electron chi connectivity index (χ1n) is 11.4. The van der Waals surface area contributed by atoms with Crippen LogP contribution >= 0.6 is 15.9 Å². The van der Waals surface area contributed by atoms with E-state index in [2.05, 4.69) is 62.2 Å². The van der Waals surface area contributed by atoms with E-state index in [0.29, 0.717) is 13.1 Å². The van der Waals surface area contributed by atoms with E-state index in [4.69, 9.17) is 0 Å². The highest BCUT2D eigenvalue weighted by Crippen LogP contribution is 2.31. The summed E-state index contributed by atoms with van der Waals surface area (Å²) in [6, 6.07) is 16.1. The van der Waals surface area contributed by atoms with E-state index in [-0.39, 0.29) is 24.2 Å². The van der Waals surface area contributed by atoms with Gasteiger partial charge in [-0.3, -0.25) is 14.5 Å². The maximum atomic E-state index is 12.7. The average Bonchev–Trinajstić information content (AvgIpc) is 3.20. The molecule has 0 spiro atoms. The zero-order valence-corrected chi connectivity index (χ0v) is 20.2. The van der Waals surface area contributed by atoms with E-state index in [1.807, 2.05) is 24.3 Å². The maximum absolute atomic E-state index is 12.7. The quantitative estimate of drug-likeness (QED) is 0.636. The fourth-order valence-electron chi connectivity index (χ4n) is 4.40. The Labute approximate surface area is 198 Å². The third kappa shape index (κ3) is 5.57. The van der Waals surface area contributed by atoms with Crippen LogP contribution in [0.1, 0.15) is 24.5 Å². The summed E-state index contributed by atoms with van der Waals surface area (Å²) < 4.78 is 0.863. The van der Waals surface area contributed by atoms with Gasteiger partial charge in [0.25, 0.3) is 0 Å². The number of nitrogens with one attached hydrogen (secondary N) is 1. The lowest BCUT2D eigenvalue weighted by Gasteiger charge is -2.34. The van der Waals surface area contributed by atoms with Crippen molar-refractivity contribution in [3.63, 3.8) is 0 Å². The first kappa shape index (κ1) is 23.0. The van der Waals surface area contributed by atoms with Crippen LogP contribution in [0.3, 0.4) is 0 Å². The Hall–Kier alpha value is -2.22. The zero-order chi connectivity index (χ0) is 22.5. The fraction of sp³-hybridized carbons (Fsp3) is 0.440. The minimum absolute atomic E-state index is 0.0128. The number of carbonyl (C=O) groups excluding carboxylic acids is 2. The number of amides is 2. The van der Waals surface area contributed by atoms with Gasteiger partial charge >= 0.3 is 0 Å². The molecular weight excluding hydrogens is 468 g/mol. The van der Waals surface area contributed by atoms with Crippen LogP contribution < -0.4 is 10.2 Å². The second kappa shape index (κ2) is 10.6. The van der Waals surface area contributed by atoms with Crippen LogP contribution in [0.4, 0.5) is 5.69 Å². The van der Waals surface area contributed by atoms with Crippen molar-refractivity contribution >= 4 is 33.4 Å². The van der Waals surface area contributed by atoms with Crippen molar-refractivity contribution in [3.05, 3.63) is 64.1 Å². The van der Waals surface area contributed by atoms with Gasteiger partial charge in [0, 0.05) is 56.7 Å². The highest BCUT2D eigenvalue weighted by atomic mass is 79.9. The number of nitrogens with zero attached hydrogens (tertiary/aromatic N) is 3. The molecule has 0 aliphatic carbocycles. The predicted molar refractivity (Wildman–Crippen MR) is 130 cm³/mol.